The van der Waals surface area contributed by atoms with E-state index in [0.717, 1.165) is 23.9 Å². The molecule has 2 amide bonds. The number of carbonyl (C=O) groups excluding carboxylic acids is 2. The topological polar surface area (TPSA) is 56.4 Å². The van der Waals surface area contributed by atoms with Gasteiger partial charge in [0.1, 0.15) is 0 Å². The van der Waals surface area contributed by atoms with Crippen molar-refractivity contribution in [1.29, 1.82) is 0 Å². The number of hydrogen-bond donors (Lipinski definition) is 1. The third-order valence-corrected chi connectivity index (χ3v) is 4.05. The molecule has 0 aliphatic carbocycles. The maximum atomic E-state index is 12.7. The smallest absolute Gasteiger partial charge is 0.256 e. The first-order valence-electron chi connectivity index (χ1n) is 7.28. The second kappa shape index (κ2) is 5.60. The van der Waals surface area contributed by atoms with E-state index in [-0.39, 0.29) is 11.8 Å². The molecule has 2 heterocycles. The van der Waals surface area contributed by atoms with Gasteiger partial charge in [-0.3, -0.25) is 9.59 Å². The van der Waals surface area contributed by atoms with Crippen molar-refractivity contribution in [1.82, 2.24) is 14.8 Å². The highest BCUT2D eigenvalue weighted by atomic mass is 16.2. The van der Waals surface area contributed by atoms with Gasteiger partial charge in [-0.15, -0.1) is 0 Å². The molecule has 3 rings (SSSR count). The summed E-state index contributed by atoms with van der Waals surface area (Å²) in [7, 11) is 0. The summed E-state index contributed by atoms with van der Waals surface area (Å²) in [6.45, 7) is 4.21. The molecule has 21 heavy (non-hydrogen) atoms. The summed E-state index contributed by atoms with van der Waals surface area (Å²) >= 11 is 0. The van der Waals surface area contributed by atoms with Crippen molar-refractivity contribution in [2.45, 2.75) is 13.3 Å². The molecule has 1 aromatic heterocycles. The van der Waals surface area contributed by atoms with E-state index in [1.165, 1.54) is 0 Å². The fourth-order valence-corrected chi connectivity index (χ4v) is 2.87. The molecule has 0 spiro atoms. The molecule has 1 aromatic carbocycles. The summed E-state index contributed by atoms with van der Waals surface area (Å²) in [4.78, 5) is 31.0. The van der Waals surface area contributed by atoms with Gasteiger partial charge in [-0.1, -0.05) is 12.1 Å². The number of amides is 2. The number of hydrogen-bond acceptors (Lipinski definition) is 2. The van der Waals surface area contributed by atoms with E-state index in [1.807, 2.05) is 40.3 Å². The number of H-pyrrole nitrogens is 1. The average Bonchev–Trinajstić information content (AvgIpc) is 2.81. The standard InChI is InChI=1S/C16H19N3O2/c1-12(20)18-8-3-9-19(11-10-18)16(21)14-5-2-4-13-6-7-17-15(13)14/h2,4-7,17H,3,8-11H2,1H3. The lowest BCUT2D eigenvalue weighted by molar-refractivity contribution is -0.128. The molecule has 1 N–H and O–H groups in total. The van der Waals surface area contributed by atoms with Gasteiger partial charge >= 0.3 is 0 Å². The van der Waals surface area contributed by atoms with E-state index in [4.69, 9.17) is 0 Å². The Morgan fingerprint density at radius 3 is 2.62 bits per heavy atom. The van der Waals surface area contributed by atoms with E-state index in [1.54, 1.807) is 6.92 Å². The van der Waals surface area contributed by atoms with Crippen LogP contribution in [0.15, 0.2) is 30.5 Å². The maximum absolute atomic E-state index is 12.7. The highest BCUT2D eigenvalue weighted by Gasteiger charge is 2.22. The minimum Gasteiger partial charge on any atom is -0.361 e. The van der Waals surface area contributed by atoms with Crippen molar-refractivity contribution in [3.8, 4) is 0 Å². The van der Waals surface area contributed by atoms with Crippen LogP contribution in [0, 0.1) is 0 Å². The number of rotatable bonds is 1. The van der Waals surface area contributed by atoms with Crippen molar-refractivity contribution >= 4 is 22.7 Å². The Morgan fingerprint density at radius 1 is 1.05 bits per heavy atom. The number of para-hydroxylation sites is 1. The van der Waals surface area contributed by atoms with E-state index >= 15 is 0 Å². The number of carbonyl (C=O) groups is 2. The van der Waals surface area contributed by atoms with Crippen molar-refractivity contribution in [2.75, 3.05) is 26.2 Å². The highest BCUT2D eigenvalue weighted by Crippen LogP contribution is 2.19. The zero-order valence-corrected chi connectivity index (χ0v) is 12.1. The van der Waals surface area contributed by atoms with Crippen LogP contribution in [-0.2, 0) is 4.79 Å². The van der Waals surface area contributed by atoms with Gasteiger partial charge in [0.15, 0.2) is 0 Å². The number of benzene rings is 1. The van der Waals surface area contributed by atoms with E-state index in [0.29, 0.717) is 25.2 Å². The molecule has 0 unspecified atom stereocenters. The van der Waals surface area contributed by atoms with Crippen LogP contribution >= 0.6 is 0 Å². The number of aromatic amines is 1. The van der Waals surface area contributed by atoms with Crippen LogP contribution in [0.1, 0.15) is 23.7 Å². The molecule has 1 fully saturated rings. The normalized spacial score (nSPS) is 16.0. The van der Waals surface area contributed by atoms with Gasteiger partial charge in [-0.05, 0) is 18.6 Å². The summed E-state index contributed by atoms with van der Waals surface area (Å²) in [5.41, 5.74) is 1.59. The predicted octanol–water partition coefficient (Wildman–Crippen LogP) is 1.86. The van der Waals surface area contributed by atoms with Crippen LogP contribution in [0.3, 0.4) is 0 Å². The molecule has 2 aromatic rings. The first-order chi connectivity index (χ1) is 10.2. The minimum atomic E-state index is 0.0356. The Labute approximate surface area is 123 Å². The van der Waals surface area contributed by atoms with Crippen LogP contribution in [0.25, 0.3) is 10.9 Å². The minimum absolute atomic E-state index is 0.0356. The molecule has 5 heteroatoms. The van der Waals surface area contributed by atoms with Crippen LogP contribution in [0.5, 0.6) is 0 Å². The molecule has 110 valence electrons. The fourth-order valence-electron chi connectivity index (χ4n) is 2.87. The lowest BCUT2D eigenvalue weighted by Gasteiger charge is -2.21. The zero-order valence-electron chi connectivity index (χ0n) is 12.1. The molecule has 0 atom stereocenters. The summed E-state index contributed by atoms with van der Waals surface area (Å²) in [6, 6.07) is 7.71. The van der Waals surface area contributed by atoms with Gasteiger partial charge < -0.3 is 14.8 Å². The highest BCUT2D eigenvalue weighted by molar-refractivity contribution is 6.05. The summed E-state index contributed by atoms with van der Waals surface area (Å²) in [5.74, 6) is 0.115. The van der Waals surface area contributed by atoms with Gasteiger partial charge in [0, 0.05) is 44.7 Å². The third-order valence-electron chi connectivity index (χ3n) is 4.05. The number of fused-ring (bicyclic) bond motifs is 1. The van der Waals surface area contributed by atoms with Gasteiger partial charge in [0.25, 0.3) is 5.91 Å². The van der Waals surface area contributed by atoms with Crippen molar-refractivity contribution < 1.29 is 9.59 Å². The van der Waals surface area contributed by atoms with Crippen LogP contribution in [0.2, 0.25) is 0 Å². The molecular weight excluding hydrogens is 266 g/mol. The fraction of sp³-hybridized carbons (Fsp3) is 0.375. The summed E-state index contributed by atoms with van der Waals surface area (Å²) in [6.07, 6.45) is 2.67. The van der Waals surface area contributed by atoms with Gasteiger partial charge in [-0.2, -0.15) is 0 Å². The first kappa shape index (κ1) is 13.7. The lowest BCUT2D eigenvalue weighted by Crippen LogP contribution is -2.36. The van der Waals surface area contributed by atoms with E-state index in [2.05, 4.69) is 4.98 Å². The molecule has 1 aliphatic rings. The van der Waals surface area contributed by atoms with E-state index in [9.17, 15) is 9.59 Å². The molecule has 1 aliphatic heterocycles. The number of aromatic nitrogens is 1. The van der Waals surface area contributed by atoms with Crippen molar-refractivity contribution in [3.63, 3.8) is 0 Å². The molecule has 0 radical (unpaired) electrons. The van der Waals surface area contributed by atoms with Crippen molar-refractivity contribution in [3.05, 3.63) is 36.0 Å². The van der Waals surface area contributed by atoms with Gasteiger partial charge in [0.2, 0.25) is 5.91 Å². The quantitative estimate of drug-likeness (QED) is 0.869. The molecule has 5 nitrogen and oxygen atoms in total. The molecule has 0 saturated carbocycles. The second-order valence-corrected chi connectivity index (χ2v) is 5.40. The van der Waals surface area contributed by atoms with Crippen molar-refractivity contribution in [2.24, 2.45) is 0 Å². The third kappa shape index (κ3) is 2.63. The predicted molar refractivity (Wildman–Crippen MR) is 81.1 cm³/mol. The van der Waals surface area contributed by atoms with Crippen LogP contribution in [0.4, 0.5) is 0 Å². The molecular formula is C16H19N3O2. The monoisotopic (exact) mass is 285 g/mol. The maximum Gasteiger partial charge on any atom is 0.256 e. The first-order valence-corrected chi connectivity index (χ1v) is 7.28. The zero-order chi connectivity index (χ0) is 14.8. The summed E-state index contributed by atoms with van der Waals surface area (Å²) in [5, 5.41) is 1.04. The number of nitrogens with one attached hydrogen (secondary N) is 1. The SMILES string of the molecule is CC(=O)N1CCCN(C(=O)c2cccc3cc[nH]c23)CC1. The summed E-state index contributed by atoms with van der Waals surface area (Å²) < 4.78 is 0. The lowest BCUT2D eigenvalue weighted by atomic mass is 10.1. The van der Waals surface area contributed by atoms with Crippen LogP contribution < -0.4 is 0 Å². The molecule has 1 saturated heterocycles. The van der Waals surface area contributed by atoms with E-state index < -0.39 is 0 Å². The van der Waals surface area contributed by atoms with Gasteiger partial charge in [-0.25, -0.2) is 0 Å². The Morgan fingerprint density at radius 2 is 1.81 bits per heavy atom. The Bertz CT molecular complexity index is 677. The Hall–Kier alpha value is -2.30. The second-order valence-electron chi connectivity index (χ2n) is 5.40. The Balaban J connectivity index is 1.82. The number of nitrogens with zero attached hydrogens (tertiary/aromatic N) is 2. The Kier molecular flexibility index (Phi) is 3.64. The van der Waals surface area contributed by atoms with Gasteiger partial charge in [0.05, 0.1) is 11.1 Å². The average molecular weight is 285 g/mol. The van der Waals surface area contributed by atoms with Crippen LogP contribution in [-0.4, -0.2) is 52.8 Å². The largest absolute Gasteiger partial charge is 0.361 e. The molecule has 0 bridgehead atoms.